The first-order chi connectivity index (χ1) is 5.33. The molecule has 1 atom stereocenters. The normalized spacial score (nSPS) is 28.9. The minimum atomic E-state index is 0.369. The van der Waals surface area contributed by atoms with Gasteiger partial charge in [-0.2, -0.15) is 0 Å². The monoisotopic (exact) mass is 157 g/mol. The van der Waals surface area contributed by atoms with Crippen LogP contribution in [0.2, 0.25) is 0 Å². The van der Waals surface area contributed by atoms with E-state index < -0.39 is 0 Å². The van der Waals surface area contributed by atoms with Crippen LogP contribution in [0.5, 0.6) is 0 Å². The van der Waals surface area contributed by atoms with Gasteiger partial charge in [-0.1, -0.05) is 20.3 Å². The Kier molecular flexibility index (Phi) is 3.34. The lowest BCUT2D eigenvalue weighted by Crippen LogP contribution is -2.22. The molecule has 0 saturated carbocycles. The van der Waals surface area contributed by atoms with Crippen LogP contribution in [0.1, 0.15) is 33.1 Å². The Morgan fingerprint density at radius 2 is 2.18 bits per heavy atom. The average Bonchev–Trinajstić information content (AvgIpc) is 2.80. The number of unbranched alkanes of at least 4 members (excludes halogenated alkanes) is 1. The topological polar surface area (TPSA) is 31.2 Å². The molecule has 0 spiro atoms. The van der Waals surface area contributed by atoms with Crippen molar-refractivity contribution in [2.75, 3.05) is 19.8 Å². The molecule has 1 fully saturated rings. The summed E-state index contributed by atoms with van der Waals surface area (Å²) in [7, 11) is 0. The highest BCUT2D eigenvalue weighted by Gasteiger charge is 2.39. The van der Waals surface area contributed by atoms with E-state index in [2.05, 4.69) is 19.2 Å². The highest BCUT2D eigenvalue weighted by atomic mass is 16.5. The smallest absolute Gasteiger partial charge is 0.0660 e. The zero-order valence-electron chi connectivity index (χ0n) is 7.65. The van der Waals surface area contributed by atoms with Crippen LogP contribution in [0, 0.1) is 0 Å². The predicted octanol–water partition coefficient (Wildman–Crippen LogP) is 1.56. The Hall–Kier alpha value is -0.0800. The minimum absolute atomic E-state index is 0.369. The molecule has 2 nitrogen and oxygen atoms in total. The SMILES string of the molecule is CCCCOCC1(CC)CN1. The summed E-state index contributed by atoms with van der Waals surface area (Å²) in [6.45, 7) is 7.39. The molecule has 1 saturated heterocycles. The van der Waals surface area contributed by atoms with E-state index >= 15 is 0 Å². The Morgan fingerprint density at radius 3 is 2.64 bits per heavy atom. The molecule has 0 bridgehead atoms. The first-order valence-corrected chi connectivity index (χ1v) is 4.66. The van der Waals surface area contributed by atoms with Crippen LogP contribution in [0.3, 0.4) is 0 Å². The zero-order chi connectivity index (χ0) is 8.16. The van der Waals surface area contributed by atoms with Crippen molar-refractivity contribution in [3.05, 3.63) is 0 Å². The fourth-order valence-electron chi connectivity index (χ4n) is 1.09. The van der Waals surface area contributed by atoms with E-state index in [1.165, 1.54) is 19.3 Å². The van der Waals surface area contributed by atoms with Gasteiger partial charge < -0.3 is 10.1 Å². The van der Waals surface area contributed by atoms with Crippen LogP contribution < -0.4 is 5.32 Å². The summed E-state index contributed by atoms with van der Waals surface area (Å²) in [5.74, 6) is 0. The third kappa shape index (κ3) is 2.80. The van der Waals surface area contributed by atoms with Crippen molar-refractivity contribution in [1.82, 2.24) is 5.32 Å². The first-order valence-electron chi connectivity index (χ1n) is 4.66. The molecule has 1 heterocycles. The molecule has 0 aromatic carbocycles. The van der Waals surface area contributed by atoms with Gasteiger partial charge in [0.15, 0.2) is 0 Å². The minimum Gasteiger partial charge on any atom is -0.379 e. The summed E-state index contributed by atoms with van der Waals surface area (Å²) < 4.78 is 5.53. The Morgan fingerprint density at radius 1 is 1.45 bits per heavy atom. The van der Waals surface area contributed by atoms with E-state index in [1.54, 1.807) is 0 Å². The number of hydrogen-bond donors (Lipinski definition) is 1. The second-order valence-corrected chi connectivity index (χ2v) is 3.39. The Balaban J connectivity index is 1.94. The van der Waals surface area contributed by atoms with Crippen LogP contribution >= 0.6 is 0 Å². The predicted molar refractivity (Wildman–Crippen MR) is 46.8 cm³/mol. The van der Waals surface area contributed by atoms with Crippen LogP contribution in [-0.2, 0) is 4.74 Å². The molecule has 1 aliphatic rings. The van der Waals surface area contributed by atoms with Crippen molar-refractivity contribution in [3.63, 3.8) is 0 Å². The van der Waals surface area contributed by atoms with Crippen molar-refractivity contribution in [3.8, 4) is 0 Å². The van der Waals surface area contributed by atoms with Crippen LogP contribution in [0.15, 0.2) is 0 Å². The molecule has 0 aliphatic carbocycles. The fraction of sp³-hybridized carbons (Fsp3) is 1.00. The molecule has 1 aliphatic heterocycles. The number of nitrogens with one attached hydrogen (secondary N) is 1. The van der Waals surface area contributed by atoms with Crippen LogP contribution in [0.25, 0.3) is 0 Å². The lowest BCUT2D eigenvalue weighted by atomic mass is 10.1. The standard InChI is InChI=1S/C9H19NO/c1-3-5-6-11-8-9(4-2)7-10-9/h10H,3-8H2,1-2H3. The summed E-state index contributed by atoms with van der Waals surface area (Å²) in [6, 6.07) is 0. The molecule has 0 radical (unpaired) electrons. The third-order valence-electron chi connectivity index (χ3n) is 2.37. The summed E-state index contributed by atoms with van der Waals surface area (Å²) in [4.78, 5) is 0. The maximum atomic E-state index is 5.53. The van der Waals surface area contributed by atoms with Crippen LogP contribution in [-0.4, -0.2) is 25.3 Å². The van der Waals surface area contributed by atoms with Gasteiger partial charge in [0.25, 0.3) is 0 Å². The zero-order valence-corrected chi connectivity index (χ0v) is 7.65. The van der Waals surface area contributed by atoms with Gasteiger partial charge in [0.2, 0.25) is 0 Å². The summed E-state index contributed by atoms with van der Waals surface area (Å²) in [6.07, 6.45) is 3.62. The largest absolute Gasteiger partial charge is 0.379 e. The van der Waals surface area contributed by atoms with E-state index in [0.717, 1.165) is 19.8 Å². The fourth-order valence-corrected chi connectivity index (χ4v) is 1.09. The van der Waals surface area contributed by atoms with Crippen molar-refractivity contribution >= 4 is 0 Å². The van der Waals surface area contributed by atoms with E-state index in [4.69, 9.17) is 4.74 Å². The first kappa shape index (κ1) is 9.01. The maximum absolute atomic E-state index is 5.53. The highest BCUT2D eigenvalue weighted by Crippen LogP contribution is 2.21. The molecule has 1 unspecified atom stereocenters. The summed E-state index contributed by atoms with van der Waals surface area (Å²) >= 11 is 0. The molecule has 11 heavy (non-hydrogen) atoms. The molecular weight excluding hydrogens is 138 g/mol. The molecule has 66 valence electrons. The Labute approximate surface area is 69.3 Å². The quantitative estimate of drug-likeness (QED) is 0.468. The highest BCUT2D eigenvalue weighted by molar-refractivity contribution is 5.02. The molecular formula is C9H19NO. The maximum Gasteiger partial charge on any atom is 0.0660 e. The van der Waals surface area contributed by atoms with Crippen molar-refractivity contribution in [2.45, 2.75) is 38.6 Å². The summed E-state index contributed by atoms with van der Waals surface area (Å²) in [5, 5.41) is 3.35. The van der Waals surface area contributed by atoms with Gasteiger partial charge in [-0.3, -0.25) is 0 Å². The molecule has 1 rings (SSSR count). The molecule has 0 amide bonds. The molecule has 0 aromatic heterocycles. The van der Waals surface area contributed by atoms with Gasteiger partial charge in [0.1, 0.15) is 0 Å². The van der Waals surface area contributed by atoms with Gasteiger partial charge in [-0.05, 0) is 12.8 Å². The van der Waals surface area contributed by atoms with Gasteiger partial charge >= 0.3 is 0 Å². The second kappa shape index (κ2) is 4.07. The third-order valence-corrected chi connectivity index (χ3v) is 2.37. The van der Waals surface area contributed by atoms with E-state index in [9.17, 15) is 0 Å². The molecule has 1 N–H and O–H groups in total. The van der Waals surface area contributed by atoms with Gasteiger partial charge in [0.05, 0.1) is 12.1 Å². The van der Waals surface area contributed by atoms with Crippen molar-refractivity contribution in [1.29, 1.82) is 0 Å². The lowest BCUT2D eigenvalue weighted by molar-refractivity contribution is 0.109. The van der Waals surface area contributed by atoms with E-state index in [-0.39, 0.29) is 0 Å². The van der Waals surface area contributed by atoms with E-state index in [0.29, 0.717) is 5.54 Å². The molecule has 0 aromatic rings. The van der Waals surface area contributed by atoms with Crippen molar-refractivity contribution in [2.24, 2.45) is 0 Å². The van der Waals surface area contributed by atoms with Gasteiger partial charge in [0, 0.05) is 13.2 Å². The number of rotatable bonds is 6. The summed E-state index contributed by atoms with van der Waals surface area (Å²) in [5.41, 5.74) is 0.369. The number of ether oxygens (including phenoxy) is 1. The van der Waals surface area contributed by atoms with Gasteiger partial charge in [-0.25, -0.2) is 0 Å². The van der Waals surface area contributed by atoms with Crippen LogP contribution in [0.4, 0.5) is 0 Å². The average molecular weight is 157 g/mol. The van der Waals surface area contributed by atoms with Crippen molar-refractivity contribution < 1.29 is 4.74 Å². The number of hydrogen-bond acceptors (Lipinski definition) is 2. The molecule has 2 heteroatoms. The second-order valence-electron chi connectivity index (χ2n) is 3.39. The Bertz CT molecular complexity index is 110. The lowest BCUT2D eigenvalue weighted by Gasteiger charge is -2.10. The van der Waals surface area contributed by atoms with Gasteiger partial charge in [-0.15, -0.1) is 0 Å². The van der Waals surface area contributed by atoms with E-state index in [1.807, 2.05) is 0 Å².